The number of pyridine rings is 1. The minimum atomic E-state index is -3.04. The molecule has 2 rings (SSSR count). The predicted octanol–water partition coefficient (Wildman–Crippen LogP) is 4.39. The van der Waals surface area contributed by atoms with Crippen molar-refractivity contribution in [2.45, 2.75) is 25.3 Å². The molecule has 0 radical (unpaired) electrons. The Morgan fingerprint density at radius 2 is 2.20 bits per heavy atom. The lowest BCUT2D eigenvalue weighted by Crippen LogP contribution is -2.22. The average molecular weight is 434 g/mol. The fourth-order valence-corrected chi connectivity index (χ4v) is 2.67. The van der Waals surface area contributed by atoms with E-state index in [2.05, 4.69) is 28.3 Å². The molecular formula is C22H22ClF2N3O2. The number of allylic oxidation sites excluding steroid dienone is 1. The molecule has 2 heterocycles. The van der Waals surface area contributed by atoms with Gasteiger partial charge in [0.25, 0.3) is 5.92 Å². The molecule has 2 aromatic heterocycles. The van der Waals surface area contributed by atoms with Gasteiger partial charge >= 0.3 is 0 Å². The van der Waals surface area contributed by atoms with Crippen LogP contribution in [-0.2, 0) is 17.2 Å². The van der Waals surface area contributed by atoms with Crippen molar-refractivity contribution in [2.24, 2.45) is 0 Å². The number of nitrogens with zero attached hydrogens (tertiary/aromatic N) is 3. The van der Waals surface area contributed by atoms with Gasteiger partial charge in [0.1, 0.15) is 13.2 Å². The number of rotatable bonds is 11. The number of alkyl halides is 3. The van der Waals surface area contributed by atoms with E-state index in [1.165, 1.54) is 6.08 Å². The zero-order chi connectivity index (χ0) is 22.0. The first-order valence-electron chi connectivity index (χ1n) is 9.05. The third kappa shape index (κ3) is 7.16. The van der Waals surface area contributed by atoms with Crippen molar-refractivity contribution >= 4 is 17.7 Å². The van der Waals surface area contributed by atoms with E-state index in [4.69, 9.17) is 27.5 Å². The third-order valence-corrected chi connectivity index (χ3v) is 4.18. The van der Waals surface area contributed by atoms with Gasteiger partial charge in [-0.1, -0.05) is 12.5 Å². The highest BCUT2D eigenvalue weighted by Crippen LogP contribution is 2.18. The van der Waals surface area contributed by atoms with Crippen LogP contribution in [0.1, 0.15) is 22.4 Å². The molecule has 0 N–H and O–H groups in total. The number of halogens is 3. The van der Waals surface area contributed by atoms with E-state index in [1.807, 2.05) is 19.2 Å². The van der Waals surface area contributed by atoms with Crippen LogP contribution >= 0.6 is 11.6 Å². The lowest BCUT2D eigenvalue weighted by Gasteiger charge is -2.13. The monoisotopic (exact) mass is 433 g/mol. The Morgan fingerprint density at radius 1 is 1.40 bits per heavy atom. The molecular weight excluding hydrogens is 412 g/mol. The molecule has 0 spiro atoms. The summed E-state index contributed by atoms with van der Waals surface area (Å²) in [5, 5.41) is 4.48. The van der Waals surface area contributed by atoms with Gasteiger partial charge in [0.2, 0.25) is 5.88 Å². The largest absolute Gasteiger partial charge is 0.475 e. The van der Waals surface area contributed by atoms with Crippen LogP contribution in [0.2, 0.25) is 0 Å². The predicted molar refractivity (Wildman–Crippen MR) is 113 cm³/mol. The minimum Gasteiger partial charge on any atom is -0.475 e. The maximum atomic E-state index is 13.0. The third-order valence-electron chi connectivity index (χ3n) is 3.89. The van der Waals surface area contributed by atoms with Gasteiger partial charge in [0.15, 0.2) is 0 Å². The number of ether oxygens (including phenoxy) is 2. The van der Waals surface area contributed by atoms with Crippen LogP contribution in [0.25, 0.3) is 6.08 Å². The van der Waals surface area contributed by atoms with Crippen molar-refractivity contribution in [1.29, 1.82) is 0 Å². The van der Waals surface area contributed by atoms with E-state index in [1.54, 1.807) is 17.0 Å². The van der Waals surface area contributed by atoms with Gasteiger partial charge in [0, 0.05) is 35.7 Å². The Hall–Kier alpha value is -2.91. The topological polar surface area (TPSA) is 49.2 Å². The van der Waals surface area contributed by atoms with E-state index in [-0.39, 0.29) is 13.2 Å². The molecule has 0 fully saturated rings. The minimum absolute atomic E-state index is 0.0191. The van der Waals surface area contributed by atoms with Gasteiger partial charge in [-0.15, -0.1) is 23.8 Å². The Labute approximate surface area is 179 Å². The molecule has 0 aliphatic carbocycles. The lowest BCUT2D eigenvalue weighted by atomic mass is 10.2. The summed E-state index contributed by atoms with van der Waals surface area (Å²) in [4.78, 5) is 4.29. The number of hydrogen-bond acceptors (Lipinski definition) is 4. The Balaban J connectivity index is 1.95. The second kappa shape index (κ2) is 11.3. The van der Waals surface area contributed by atoms with Gasteiger partial charge in [-0.05, 0) is 24.6 Å². The molecule has 0 saturated heterocycles. The van der Waals surface area contributed by atoms with Crippen LogP contribution in [0.5, 0.6) is 5.88 Å². The van der Waals surface area contributed by atoms with Crippen LogP contribution < -0.4 is 4.74 Å². The van der Waals surface area contributed by atoms with Crippen molar-refractivity contribution in [2.75, 3.05) is 19.8 Å². The van der Waals surface area contributed by atoms with Crippen molar-refractivity contribution in [1.82, 2.24) is 14.8 Å². The highest BCUT2D eigenvalue weighted by Gasteiger charge is 2.23. The normalized spacial score (nSPS) is 10.8. The lowest BCUT2D eigenvalue weighted by molar-refractivity contribution is -0.0451. The van der Waals surface area contributed by atoms with Gasteiger partial charge in [-0.3, -0.25) is 4.68 Å². The highest BCUT2D eigenvalue weighted by atomic mass is 35.5. The average Bonchev–Trinajstić information content (AvgIpc) is 3.11. The van der Waals surface area contributed by atoms with Gasteiger partial charge < -0.3 is 9.47 Å². The SMILES string of the molecule is C#CC=C=Cc1nn(Cc2cnc(OCCOCC(F)(F)C=C)c(C)c2)cc1CCl. The van der Waals surface area contributed by atoms with Gasteiger partial charge in [-0.2, -0.15) is 13.9 Å². The molecule has 0 aromatic carbocycles. The van der Waals surface area contributed by atoms with E-state index >= 15 is 0 Å². The molecule has 0 unspecified atom stereocenters. The van der Waals surface area contributed by atoms with Crippen molar-refractivity contribution in [3.63, 3.8) is 0 Å². The summed E-state index contributed by atoms with van der Waals surface area (Å²) in [6.45, 7) is 4.80. The highest BCUT2D eigenvalue weighted by molar-refractivity contribution is 6.17. The standard InChI is InChI=1S/C22H22ClF2N3O2/c1-4-6-7-8-20-19(12-23)15-28(27-20)14-18-11-17(3)21(26-13-18)30-10-9-29-16-22(24,25)5-2/h1,5-6,8,11,13,15H,2,9-10,12,14,16H2,3H3. The Morgan fingerprint density at radius 3 is 2.87 bits per heavy atom. The summed E-state index contributed by atoms with van der Waals surface area (Å²) >= 11 is 5.97. The molecule has 0 aliphatic heterocycles. The molecule has 2 aromatic rings. The molecule has 8 heteroatoms. The molecule has 0 amide bonds. The second-order valence-electron chi connectivity index (χ2n) is 6.32. The number of aryl methyl sites for hydroxylation is 1. The van der Waals surface area contributed by atoms with Crippen LogP contribution in [-0.4, -0.2) is 40.5 Å². The summed E-state index contributed by atoms with van der Waals surface area (Å²) in [6, 6.07) is 1.92. The van der Waals surface area contributed by atoms with E-state index in [0.29, 0.717) is 30.1 Å². The summed E-state index contributed by atoms with van der Waals surface area (Å²) < 4.78 is 38.1. The molecule has 5 nitrogen and oxygen atoms in total. The molecule has 30 heavy (non-hydrogen) atoms. The number of terminal acetylenes is 1. The smallest absolute Gasteiger partial charge is 0.289 e. The quantitative estimate of drug-likeness (QED) is 0.173. The number of hydrogen-bond donors (Lipinski definition) is 0. The zero-order valence-electron chi connectivity index (χ0n) is 16.6. The Bertz CT molecular complexity index is 973. The fraction of sp³-hybridized carbons (Fsp3) is 0.318. The summed E-state index contributed by atoms with van der Waals surface area (Å²) in [7, 11) is 0. The van der Waals surface area contributed by atoms with Crippen LogP contribution in [0.4, 0.5) is 8.78 Å². The number of aromatic nitrogens is 3. The first kappa shape index (κ1) is 23.4. The van der Waals surface area contributed by atoms with Crippen LogP contribution in [0.3, 0.4) is 0 Å². The molecule has 0 saturated carbocycles. The van der Waals surface area contributed by atoms with E-state index in [0.717, 1.165) is 16.7 Å². The first-order chi connectivity index (χ1) is 14.4. The maximum absolute atomic E-state index is 13.0. The summed E-state index contributed by atoms with van der Waals surface area (Å²) in [5.41, 5.74) is 6.14. The van der Waals surface area contributed by atoms with Crippen molar-refractivity contribution in [3.05, 3.63) is 65.3 Å². The second-order valence-corrected chi connectivity index (χ2v) is 6.59. The summed E-state index contributed by atoms with van der Waals surface area (Å²) in [6.07, 6.45) is 12.4. The van der Waals surface area contributed by atoms with Crippen molar-refractivity contribution in [3.8, 4) is 18.2 Å². The fourth-order valence-electron chi connectivity index (χ4n) is 2.46. The molecule has 0 aliphatic rings. The Kier molecular flexibility index (Phi) is 8.82. The van der Waals surface area contributed by atoms with Crippen molar-refractivity contribution < 1.29 is 18.3 Å². The zero-order valence-corrected chi connectivity index (χ0v) is 17.3. The van der Waals surface area contributed by atoms with Crippen LogP contribution in [0, 0.1) is 19.3 Å². The first-order valence-corrected chi connectivity index (χ1v) is 9.59. The molecule has 0 bridgehead atoms. The van der Waals surface area contributed by atoms with E-state index in [9.17, 15) is 8.78 Å². The van der Waals surface area contributed by atoms with E-state index < -0.39 is 12.5 Å². The molecule has 158 valence electrons. The maximum Gasteiger partial charge on any atom is 0.289 e. The summed E-state index contributed by atoms with van der Waals surface area (Å²) in [5.74, 6) is 0.0545. The van der Waals surface area contributed by atoms with Gasteiger partial charge in [0.05, 0.1) is 24.7 Å². The molecule has 0 atom stereocenters. The van der Waals surface area contributed by atoms with Gasteiger partial charge in [-0.25, -0.2) is 4.98 Å². The van der Waals surface area contributed by atoms with Crippen LogP contribution in [0.15, 0.2) is 42.9 Å².